The van der Waals surface area contributed by atoms with Gasteiger partial charge in [-0.15, -0.1) is 22.7 Å². The molecule has 16 heteroatoms. The molecule has 46 heavy (non-hydrogen) atoms. The third-order valence-electron chi connectivity index (χ3n) is 6.67. The second-order valence-electron chi connectivity index (χ2n) is 9.71. The zero-order chi connectivity index (χ0) is 32.2. The topological polar surface area (TPSA) is 125 Å². The Hall–Kier alpha value is -3.80. The fraction of sp³-hybridized carbons (Fsp3) is 0.133. The smallest absolute Gasteiger partial charge is 0.267 e. The van der Waals surface area contributed by atoms with E-state index in [0.717, 1.165) is 46.0 Å². The van der Waals surface area contributed by atoms with Crippen molar-refractivity contribution in [3.63, 3.8) is 0 Å². The van der Waals surface area contributed by atoms with Gasteiger partial charge in [0.05, 0.1) is 21.2 Å². The van der Waals surface area contributed by atoms with Gasteiger partial charge in [-0.25, -0.2) is 9.97 Å². The number of amides is 4. The van der Waals surface area contributed by atoms with Crippen LogP contribution in [0.1, 0.15) is 12.8 Å². The molecule has 0 spiro atoms. The second kappa shape index (κ2) is 14.3. The van der Waals surface area contributed by atoms with Gasteiger partial charge in [-0.3, -0.25) is 29.0 Å². The fourth-order valence-electron chi connectivity index (χ4n) is 4.39. The summed E-state index contributed by atoms with van der Waals surface area (Å²) in [4.78, 5) is 63.7. The van der Waals surface area contributed by atoms with Crippen LogP contribution < -0.4 is 10.6 Å². The Morgan fingerprint density at radius 2 is 1.04 bits per heavy atom. The van der Waals surface area contributed by atoms with E-state index in [1.807, 2.05) is 71.4 Å². The highest BCUT2D eigenvalue weighted by atomic mass is 32.2. The quantitative estimate of drug-likeness (QED) is 0.144. The van der Waals surface area contributed by atoms with Crippen LogP contribution in [0.15, 0.2) is 81.2 Å². The van der Waals surface area contributed by atoms with Crippen molar-refractivity contribution in [1.82, 2.24) is 19.8 Å². The maximum Gasteiger partial charge on any atom is 0.267 e. The Balaban J connectivity index is 1.01. The SMILES string of the molecule is O=C(CCN1C(=O)C(=C2SC(=S)N(CCC(=O)Nc3nc(-c4ccccc4)cs3)C2=O)SC1=S)Nc1nc(-c2ccccc2)cs1. The summed E-state index contributed by atoms with van der Waals surface area (Å²) in [6.45, 7) is 0.0836. The number of rotatable bonds is 10. The van der Waals surface area contributed by atoms with E-state index in [4.69, 9.17) is 24.4 Å². The van der Waals surface area contributed by atoms with E-state index in [9.17, 15) is 19.2 Å². The van der Waals surface area contributed by atoms with Crippen LogP contribution in [0.2, 0.25) is 0 Å². The van der Waals surface area contributed by atoms with Gasteiger partial charge in [0, 0.05) is 47.8 Å². The Labute approximate surface area is 290 Å². The summed E-state index contributed by atoms with van der Waals surface area (Å²) in [5, 5.41) is 10.2. The van der Waals surface area contributed by atoms with Crippen molar-refractivity contribution < 1.29 is 19.2 Å². The van der Waals surface area contributed by atoms with Crippen LogP contribution in [-0.4, -0.2) is 65.1 Å². The lowest BCUT2D eigenvalue weighted by Crippen LogP contribution is -2.33. The van der Waals surface area contributed by atoms with Crippen molar-refractivity contribution in [3.05, 3.63) is 81.2 Å². The average molecular weight is 723 g/mol. The minimum atomic E-state index is -0.459. The number of carbonyl (C=O) groups is 4. The third-order valence-corrected chi connectivity index (χ3v) is 11.2. The first kappa shape index (κ1) is 32.2. The molecule has 4 aromatic rings. The Morgan fingerprint density at radius 1 is 0.652 bits per heavy atom. The lowest BCUT2D eigenvalue weighted by Gasteiger charge is -2.14. The van der Waals surface area contributed by atoms with Crippen LogP contribution in [0.3, 0.4) is 0 Å². The summed E-state index contributed by atoms with van der Waals surface area (Å²) in [5.74, 6) is -1.55. The molecule has 0 radical (unpaired) electrons. The first-order valence-corrected chi connectivity index (χ1v) is 17.9. The minimum Gasteiger partial charge on any atom is -0.302 e. The van der Waals surface area contributed by atoms with Gasteiger partial charge in [-0.05, 0) is 0 Å². The van der Waals surface area contributed by atoms with Crippen molar-refractivity contribution in [2.24, 2.45) is 0 Å². The molecule has 232 valence electrons. The number of hydrogen-bond acceptors (Lipinski definition) is 12. The Morgan fingerprint density at radius 3 is 1.43 bits per heavy atom. The summed E-state index contributed by atoms with van der Waals surface area (Å²) in [5.41, 5.74) is 3.40. The number of aromatic nitrogens is 2. The summed E-state index contributed by atoms with van der Waals surface area (Å²) in [6.07, 6.45) is -0.0238. The average Bonchev–Trinajstić information content (AvgIpc) is 3.84. The number of thiazole rings is 2. The van der Waals surface area contributed by atoms with Crippen LogP contribution in [0.25, 0.3) is 22.5 Å². The molecule has 2 aliphatic heterocycles. The number of carbonyl (C=O) groups excluding carboxylic acids is 4. The number of benzene rings is 2. The van der Waals surface area contributed by atoms with E-state index >= 15 is 0 Å². The molecule has 0 unspecified atom stereocenters. The molecule has 0 bridgehead atoms. The van der Waals surface area contributed by atoms with Crippen molar-refractivity contribution in [1.29, 1.82) is 0 Å². The number of anilines is 2. The second-order valence-corrected chi connectivity index (χ2v) is 14.7. The summed E-state index contributed by atoms with van der Waals surface area (Å²) < 4.78 is 0.493. The van der Waals surface area contributed by atoms with Crippen molar-refractivity contribution in [2.45, 2.75) is 12.8 Å². The highest BCUT2D eigenvalue weighted by molar-refractivity contribution is 8.29. The zero-order valence-electron chi connectivity index (χ0n) is 23.6. The van der Waals surface area contributed by atoms with Gasteiger partial charge in [0.25, 0.3) is 11.8 Å². The minimum absolute atomic E-state index is 0.0119. The first-order valence-electron chi connectivity index (χ1n) is 13.7. The van der Waals surface area contributed by atoms with Crippen molar-refractivity contribution >= 4 is 113 Å². The first-order chi connectivity index (χ1) is 22.3. The number of thioether (sulfide) groups is 2. The monoisotopic (exact) mass is 722 g/mol. The molecular weight excluding hydrogens is 701 g/mol. The fourth-order valence-corrected chi connectivity index (χ4v) is 8.63. The summed E-state index contributed by atoms with van der Waals surface area (Å²) in [6, 6.07) is 19.2. The highest BCUT2D eigenvalue weighted by Gasteiger charge is 2.42. The maximum absolute atomic E-state index is 13.3. The molecule has 0 saturated carbocycles. The lowest BCUT2D eigenvalue weighted by molar-refractivity contribution is -0.125. The van der Waals surface area contributed by atoms with Crippen LogP contribution in [0, 0.1) is 0 Å². The molecule has 10 nitrogen and oxygen atoms in total. The van der Waals surface area contributed by atoms with Crippen molar-refractivity contribution in [2.75, 3.05) is 23.7 Å². The molecule has 2 N–H and O–H groups in total. The molecule has 4 heterocycles. The van der Waals surface area contributed by atoms with E-state index in [1.165, 1.54) is 32.5 Å². The van der Waals surface area contributed by atoms with E-state index in [-0.39, 0.29) is 56.2 Å². The number of thiocarbonyl (C=S) groups is 2. The molecule has 6 rings (SSSR count). The number of hydrogen-bond donors (Lipinski definition) is 2. The zero-order valence-corrected chi connectivity index (χ0v) is 28.5. The van der Waals surface area contributed by atoms with Gasteiger partial charge in [-0.1, -0.05) is 109 Å². The Kier molecular flexibility index (Phi) is 10.0. The highest BCUT2D eigenvalue weighted by Crippen LogP contribution is 2.42. The van der Waals surface area contributed by atoms with Crippen LogP contribution in [-0.2, 0) is 19.2 Å². The predicted octanol–water partition coefficient (Wildman–Crippen LogP) is 6.22. The van der Waals surface area contributed by atoms with E-state index in [0.29, 0.717) is 10.3 Å². The van der Waals surface area contributed by atoms with E-state index in [2.05, 4.69) is 20.6 Å². The van der Waals surface area contributed by atoms with E-state index < -0.39 is 11.8 Å². The van der Waals surface area contributed by atoms with Gasteiger partial charge in [0.1, 0.15) is 8.64 Å². The van der Waals surface area contributed by atoms with Crippen LogP contribution in [0.5, 0.6) is 0 Å². The summed E-state index contributed by atoms with van der Waals surface area (Å²) >= 11 is 15.5. The predicted molar refractivity (Wildman–Crippen MR) is 192 cm³/mol. The van der Waals surface area contributed by atoms with Gasteiger partial charge < -0.3 is 10.6 Å². The number of nitrogens with one attached hydrogen (secondary N) is 2. The molecule has 2 saturated heterocycles. The molecule has 4 amide bonds. The largest absolute Gasteiger partial charge is 0.302 e. The van der Waals surface area contributed by atoms with Crippen molar-refractivity contribution in [3.8, 4) is 22.5 Å². The molecule has 0 aliphatic carbocycles. The summed E-state index contributed by atoms with van der Waals surface area (Å²) in [7, 11) is 0. The maximum atomic E-state index is 13.3. The molecule has 2 aromatic heterocycles. The molecule has 2 aromatic carbocycles. The normalized spacial score (nSPS) is 16.4. The van der Waals surface area contributed by atoms with Gasteiger partial charge in [-0.2, -0.15) is 0 Å². The molecule has 2 aliphatic rings. The van der Waals surface area contributed by atoms with Gasteiger partial charge >= 0.3 is 0 Å². The van der Waals surface area contributed by atoms with Gasteiger partial charge in [0.2, 0.25) is 11.8 Å². The van der Waals surface area contributed by atoms with Crippen LogP contribution in [0.4, 0.5) is 10.3 Å². The molecule has 0 atom stereocenters. The van der Waals surface area contributed by atoms with Crippen LogP contribution >= 0.6 is 70.6 Å². The molecule has 2 fully saturated rings. The molecular formula is C30H22N6O4S6. The lowest BCUT2D eigenvalue weighted by atomic mass is 10.2. The third kappa shape index (κ3) is 7.27. The standard InChI is InChI=1S/C30H22N6O4S6/c37-21(33-27-31-19(15-43-27)17-7-3-1-4-8-17)11-13-35-25(39)23(45-29(35)41)24-26(40)36(30(42)46-24)14-12-22(38)34-28-32-20(16-44-28)18-9-5-2-6-10-18/h1-10,15-16H,11-14H2,(H,31,33,37)(H,32,34,38). The van der Waals surface area contributed by atoms with E-state index in [1.54, 1.807) is 0 Å². The van der Waals surface area contributed by atoms with Gasteiger partial charge in [0.15, 0.2) is 10.3 Å². The number of nitrogens with zero attached hydrogens (tertiary/aromatic N) is 4. The Bertz CT molecular complexity index is 1760.